The second kappa shape index (κ2) is 7.12. The van der Waals surface area contributed by atoms with E-state index in [2.05, 4.69) is 5.32 Å². The van der Waals surface area contributed by atoms with Crippen LogP contribution in [-0.4, -0.2) is 17.4 Å². The van der Waals surface area contributed by atoms with Crippen molar-refractivity contribution in [2.75, 3.05) is 11.9 Å². The smallest absolute Gasteiger partial charge is 0.295 e. The van der Waals surface area contributed by atoms with E-state index in [4.69, 9.17) is 5.73 Å². The maximum absolute atomic E-state index is 13.6. The van der Waals surface area contributed by atoms with Crippen molar-refractivity contribution < 1.29 is 14.1 Å². The van der Waals surface area contributed by atoms with E-state index in [0.717, 1.165) is 18.6 Å². The zero-order chi connectivity index (χ0) is 16.0. The molecule has 0 spiro atoms. The van der Waals surface area contributed by atoms with Gasteiger partial charge in [-0.15, -0.1) is 0 Å². The van der Waals surface area contributed by atoms with Crippen molar-refractivity contribution >= 4 is 17.3 Å². The molecule has 6 nitrogen and oxygen atoms in total. The van der Waals surface area contributed by atoms with Gasteiger partial charge in [0.2, 0.25) is 5.91 Å². The third kappa shape index (κ3) is 5.11. The van der Waals surface area contributed by atoms with E-state index >= 15 is 0 Å². The van der Waals surface area contributed by atoms with Crippen LogP contribution in [-0.2, 0) is 4.79 Å². The minimum absolute atomic E-state index is 0.104. The summed E-state index contributed by atoms with van der Waals surface area (Å²) in [5.74, 6) is -1.27. The predicted octanol–water partition coefficient (Wildman–Crippen LogP) is 2.83. The Morgan fingerprint density at radius 2 is 2.10 bits per heavy atom. The van der Waals surface area contributed by atoms with Crippen molar-refractivity contribution in [1.82, 2.24) is 0 Å². The fourth-order valence-electron chi connectivity index (χ4n) is 1.96. The first-order chi connectivity index (χ1) is 9.76. The van der Waals surface area contributed by atoms with E-state index in [-0.39, 0.29) is 17.5 Å². The third-order valence-corrected chi connectivity index (χ3v) is 3.30. The number of amides is 1. The number of nitro benzene ring substituents is 1. The van der Waals surface area contributed by atoms with E-state index in [9.17, 15) is 19.3 Å². The van der Waals surface area contributed by atoms with Gasteiger partial charge in [-0.2, -0.15) is 0 Å². The molecule has 1 aromatic carbocycles. The highest BCUT2D eigenvalue weighted by molar-refractivity contribution is 5.93. The van der Waals surface area contributed by atoms with Crippen molar-refractivity contribution in [3.8, 4) is 0 Å². The second-order valence-corrected chi connectivity index (χ2v) is 5.64. The molecule has 0 radical (unpaired) electrons. The first-order valence-corrected chi connectivity index (χ1v) is 6.69. The molecule has 116 valence electrons. The van der Waals surface area contributed by atoms with Crippen LogP contribution in [0.1, 0.15) is 33.1 Å². The zero-order valence-electron chi connectivity index (χ0n) is 12.2. The monoisotopic (exact) mass is 297 g/mol. The molecule has 0 aliphatic heterocycles. The number of carbonyl (C=O) groups excluding carboxylic acids is 1. The Balaban J connectivity index is 2.74. The molecule has 1 aromatic rings. The quantitative estimate of drug-likeness (QED) is 0.597. The number of anilines is 1. The van der Waals surface area contributed by atoms with Gasteiger partial charge in [0.15, 0.2) is 11.5 Å². The number of nitrogens with one attached hydrogen (secondary N) is 1. The van der Waals surface area contributed by atoms with Gasteiger partial charge in [0, 0.05) is 12.5 Å². The molecule has 21 heavy (non-hydrogen) atoms. The molecule has 0 aliphatic rings. The highest BCUT2D eigenvalue weighted by atomic mass is 19.1. The number of benzene rings is 1. The maximum atomic E-state index is 13.6. The molecule has 0 fully saturated rings. The number of rotatable bonds is 7. The van der Waals surface area contributed by atoms with Gasteiger partial charge in [0.25, 0.3) is 5.69 Å². The lowest BCUT2D eigenvalue weighted by molar-refractivity contribution is -0.384. The molecule has 0 bridgehead atoms. The SMILES string of the molecule is CC(C)(CCN)CCC(=O)Nc1c(F)cccc1[N+](=O)[O-]. The molecule has 0 saturated carbocycles. The number of halogens is 1. The molecule has 1 amide bonds. The lowest BCUT2D eigenvalue weighted by Crippen LogP contribution is -2.21. The van der Waals surface area contributed by atoms with Crippen molar-refractivity contribution in [3.63, 3.8) is 0 Å². The molecule has 0 heterocycles. The highest BCUT2D eigenvalue weighted by Crippen LogP contribution is 2.29. The first kappa shape index (κ1) is 17.0. The van der Waals surface area contributed by atoms with Crippen LogP contribution in [0.25, 0.3) is 0 Å². The van der Waals surface area contributed by atoms with E-state index in [1.54, 1.807) is 0 Å². The molecule has 0 unspecified atom stereocenters. The van der Waals surface area contributed by atoms with Crippen LogP contribution in [0.2, 0.25) is 0 Å². The van der Waals surface area contributed by atoms with Crippen molar-refractivity contribution in [2.24, 2.45) is 11.1 Å². The van der Waals surface area contributed by atoms with Gasteiger partial charge >= 0.3 is 0 Å². The molecule has 0 saturated heterocycles. The summed E-state index contributed by atoms with van der Waals surface area (Å²) in [7, 11) is 0. The maximum Gasteiger partial charge on any atom is 0.295 e. The number of nitrogens with zero attached hydrogens (tertiary/aromatic N) is 1. The largest absolute Gasteiger partial charge is 0.330 e. The normalized spacial score (nSPS) is 11.2. The van der Waals surface area contributed by atoms with Gasteiger partial charge < -0.3 is 11.1 Å². The average molecular weight is 297 g/mol. The number of hydrogen-bond acceptors (Lipinski definition) is 4. The molecule has 0 aromatic heterocycles. The molecule has 7 heteroatoms. The number of para-hydroxylation sites is 1. The summed E-state index contributed by atoms with van der Waals surface area (Å²) in [5.41, 5.74) is 4.55. The number of hydrogen-bond donors (Lipinski definition) is 2. The van der Waals surface area contributed by atoms with E-state index < -0.39 is 22.3 Å². The Bertz CT molecular complexity index is 532. The minimum Gasteiger partial charge on any atom is -0.330 e. The summed E-state index contributed by atoms with van der Waals surface area (Å²) in [6.45, 7) is 4.49. The van der Waals surface area contributed by atoms with Crippen LogP contribution in [0.4, 0.5) is 15.8 Å². The van der Waals surface area contributed by atoms with Gasteiger partial charge in [-0.05, 0) is 30.9 Å². The summed E-state index contributed by atoms with van der Waals surface area (Å²) in [6.07, 6.45) is 1.48. The van der Waals surface area contributed by atoms with E-state index in [1.807, 2.05) is 13.8 Å². The molecule has 0 aliphatic carbocycles. The lowest BCUT2D eigenvalue weighted by Gasteiger charge is -2.23. The Kier molecular flexibility index (Phi) is 5.78. The van der Waals surface area contributed by atoms with Crippen molar-refractivity contribution in [2.45, 2.75) is 33.1 Å². The first-order valence-electron chi connectivity index (χ1n) is 6.69. The topological polar surface area (TPSA) is 98.3 Å². The van der Waals surface area contributed by atoms with Gasteiger partial charge in [-0.25, -0.2) is 4.39 Å². The molecular formula is C14H20FN3O3. The van der Waals surface area contributed by atoms with E-state index in [0.29, 0.717) is 13.0 Å². The summed E-state index contributed by atoms with van der Waals surface area (Å²) in [4.78, 5) is 22.0. The van der Waals surface area contributed by atoms with Crippen LogP contribution in [0.5, 0.6) is 0 Å². The predicted molar refractivity (Wildman–Crippen MR) is 78.4 cm³/mol. The highest BCUT2D eigenvalue weighted by Gasteiger charge is 2.22. The fraction of sp³-hybridized carbons (Fsp3) is 0.500. The fourth-order valence-corrected chi connectivity index (χ4v) is 1.96. The Morgan fingerprint density at radius 3 is 2.67 bits per heavy atom. The molecule has 0 atom stereocenters. The Morgan fingerprint density at radius 1 is 1.43 bits per heavy atom. The Hall–Kier alpha value is -2.02. The zero-order valence-corrected chi connectivity index (χ0v) is 12.2. The second-order valence-electron chi connectivity index (χ2n) is 5.64. The average Bonchev–Trinajstić information content (AvgIpc) is 2.38. The van der Waals surface area contributed by atoms with Crippen LogP contribution < -0.4 is 11.1 Å². The molecular weight excluding hydrogens is 277 g/mol. The van der Waals surface area contributed by atoms with Gasteiger partial charge in [-0.3, -0.25) is 14.9 Å². The number of carbonyl (C=O) groups is 1. The van der Waals surface area contributed by atoms with Crippen molar-refractivity contribution in [1.29, 1.82) is 0 Å². The third-order valence-electron chi connectivity index (χ3n) is 3.30. The molecule has 1 rings (SSSR count). The van der Waals surface area contributed by atoms with Crippen LogP contribution in [0, 0.1) is 21.3 Å². The van der Waals surface area contributed by atoms with E-state index in [1.165, 1.54) is 6.07 Å². The van der Waals surface area contributed by atoms with Crippen LogP contribution in [0.15, 0.2) is 18.2 Å². The molecule has 3 N–H and O–H groups in total. The summed E-state index contributed by atoms with van der Waals surface area (Å²) in [6, 6.07) is 3.45. The summed E-state index contributed by atoms with van der Waals surface area (Å²) >= 11 is 0. The number of nitro groups is 1. The van der Waals surface area contributed by atoms with Crippen molar-refractivity contribution in [3.05, 3.63) is 34.1 Å². The summed E-state index contributed by atoms with van der Waals surface area (Å²) < 4.78 is 13.6. The lowest BCUT2D eigenvalue weighted by atomic mass is 9.84. The number of nitrogens with two attached hydrogens (primary N) is 1. The summed E-state index contributed by atoms with van der Waals surface area (Å²) in [5, 5.41) is 13.1. The van der Waals surface area contributed by atoms with Crippen LogP contribution >= 0.6 is 0 Å². The van der Waals surface area contributed by atoms with Gasteiger partial charge in [0.1, 0.15) is 0 Å². The Labute approximate surface area is 122 Å². The minimum atomic E-state index is -0.821. The van der Waals surface area contributed by atoms with Crippen LogP contribution in [0.3, 0.4) is 0 Å². The standard InChI is InChI=1S/C14H20FN3O3/c1-14(2,8-9-16)7-6-12(19)17-13-10(15)4-3-5-11(13)18(20)21/h3-5H,6-9,16H2,1-2H3,(H,17,19). The van der Waals surface area contributed by atoms with Gasteiger partial charge in [0.05, 0.1) is 4.92 Å². The van der Waals surface area contributed by atoms with Gasteiger partial charge in [-0.1, -0.05) is 19.9 Å².